The first kappa shape index (κ1) is 18.2. The smallest absolute Gasteiger partial charge is 0.239 e. The van der Waals surface area contributed by atoms with E-state index in [-0.39, 0.29) is 11.2 Å². The van der Waals surface area contributed by atoms with Gasteiger partial charge in [-0.2, -0.15) is 5.10 Å². The Bertz CT molecular complexity index is 831. The average molecular weight is 367 g/mol. The van der Waals surface area contributed by atoms with Crippen LogP contribution in [0.5, 0.6) is 5.75 Å². The number of hydrogen-bond donors (Lipinski definition) is 1. The van der Waals surface area contributed by atoms with Crippen molar-refractivity contribution in [2.45, 2.75) is 25.0 Å². The van der Waals surface area contributed by atoms with Crippen LogP contribution in [0, 0.1) is 0 Å². The maximum atomic E-state index is 12.2. The number of rotatable bonds is 6. The van der Waals surface area contributed by atoms with E-state index < -0.39 is 0 Å². The number of para-hydroxylation sites is 1. The number of hydrogen-bond acceptors (Lipinski definition) is 5. The van der Waals surface area contributed by atoms with Crippen LogP contribution in [0.25, 0.3) is 0 Å². The second kappa shape index (κ2) is 8.67. The predicted octanol–water partition coefficient (Wildman–Crippen LogP) is 3.42. The van der Waals surface area contributed by atoms with Gasteiger partial charge in [0, 0.05) is 5.56 Å². The molecule has 0 aromatic heterocycles. The largest absolute Gasteiger partial charge is 0.496 e. The first-order chi connectivity index (χ1) is 12.7. The van der Waals surface area contributed by atoms with Gasteiger partial charge in [-0.25, -0.2) is 0 Å². The van der Waals surface area contributed by atoms with Crippen LogP contribution < -0.4 is 10.1 Å². The van der Waals surface area contributed by atoms with E-state index in [9.17, 15) is 4.79 Å². The van der Waals surface area contributed by atoms with Crippen LogP contribution in [-0.2, 0) is 17.6 Å². The van der Waals surface area contributed by atoms with Gasteiger partial charge in [-0.15, -0.1) is 5.10 Å². The summed E-state index contributed by atoms with van der Waals surface area (Å²) in [6, 6.07) is 15.9. The number of benzene rings is 2. The molecule has 134 valence electrons. The van der Waals surface area contributed by atoms with Crippen molar-refractivity contribution in [1.82, 2.24) is 5.32 Å². The van der Waals surface area contributed by atoms with Crippen molar-refractivity contribution in [3.8, 4) is 5.75 Å². The Morgan fingerprint density at radius 1 is 1.15 bits per heavy atom. The van der Waals surface area contributed by atoms with Crippen LogP contribution in [0.4, 0.5) is 0 Å². The molecule has 26 heavy (non-hydrogen) atoms. The average Bonchev–Trinajstić information content (AvgIpc) is 3.02. The van der Waals surface area contributed by atoms with Crippen LogP contribution in [0.2, 0.25) is 0 Å². The molecule has 2 aromatic carbocycles. The molecule has 1 amide bonds. The zero-order chi connectivity index (χ0) is 18.4. The molecular formula is C20H21N3O2S. The molecule has 1 saturated heterocycles. The molecule has 0 saturated carbocycles. The third-order valence-electron chi connectivity index (χ3n) is 4.11. The van der Waals surface area contributed by atoms with E-state index in [0.717, 1.165) is 23.3 Å². The van der Waals surface area contributed by atoms with Gasteiger partial charge < -0.3 is 10.1 Å². The number of carbonyl (C=O) groups excluding carboxylic acids is 1. The topological polar surface area (TPSA) is 63.1 Å². The zero-order valence-electron chi connectivity index (χ0n) is 14.8. The van der Waals surface area contributed by atoms with Crippen LogP contribution in [0.1, 0.15) is 23.6 Å². The van der Waals surface area contributed by atoms with E-state index in [1.54, 1.807) is 13.3 Å². The van der Waals surface area contributed by atoms with Gasteiger partial charge in [0.25, 0.3) is 0 Å². The number of carbonyl (C=O) groups is 1. The number of thioether (sulfide) groups is 1. The van der Waals surface area contributed by atoms with Gasteiger partial charge in [-0.05, 0) is 36.1 Å². The van der Waals surface area contributed by atoms with Gasteiger partial charge in [0.15, 0.2) is 5.17 Å². The fourth-order valence-corrected chi connectivity index (χ4v) is 3.59. The van der Waals surface area contributed by atoms with Crippen molar-refractivity contribution in [2.75, 3.05) is 7.11 Å². The molecule has 3 rings (SSSR count). The molecule has 1 atom stereocenters. The first-order valence-corrected chi connectivity index (χ1v) is 9.37. The summed E-state index contributed by atoms with van der Waals surface area (Å²) in [6.07, 6.45) is 3.31. The predicted molar refractivity (Wildman–Crippen MR) is 107 cm³/mol. The summed E-state index contributed by atoms with van der Waals surface area (Å²) in [6.45, 7) is 2.13. The molecule has 1 N–H and O–H groups in total. The van der Waals surface area contributed by atoms with Crippen molar-refractivity contribution in [2.24, 2.45) is 10.2 Å². The summed E-state index contributed by atoms with van der Waals surface area (Å²) >= 11 is 1.41. The standard InChI is InChI=1S/C20H21N3O2S/c1-3-14-8-10-15(11-9-14)12-18-19(24)22-20(26-18)23-21-13-16-6-4-5-7-17(16)25-2/h4-11,13,18H,3,12H2,1-2H3,(H,22,23,24). The Morgan fingerprint density at radius 3 is 2.62 bits per heavy atom. The van der Waals surface area contributed by atoms with Crippen LogP contribution in [0.15, 0.2) is 58.7 Å². The van der Waals surface area contributed by atoms with Crippen molar-refractivity contribution >= 4 is 29.1 Å². The lowest BCUT2D eigenvalue weighted by Crippen LogP contribution is -2.25. The number of aryl methyl sites for hydroxylation is 1. The van der Waals surface area contributed by atoms with Gasteiger partial charge in [0.1, 0.15) is 5.75 Å². The van der Waals surface area contributed by atoms with Gasteiger partial charge >= 0.3 is 0 Å². The molecule has 1 aliphatic rings. The van der Waals surface area contributed by atoms with Gasteiger partial charge in [-0.3, -0.25) is 4.79 Å². The van der Waals surface area contributed by atoms with Crippen molar-refractivity contribution in [3.63, 3.8) is 0 Å². The van der Waals surface area contributed by atoms with E-state index in [2.05, 4.69) is 46.7 Å². The minimum absolute atomic E-state index is 0.0270. The number of nitrogens with zero attached hydrogens (tertiary/aromatic N) is 2. The highest BCUT2D eigenvalue weighted by molar-refractivity contribution is 8.15. The Balaban J connectivity index is 1.63. The number of ether oxygens (including phenoxy) is 1. The van der Waals surface area contributed by atoms with Gasteiger partial charge in [0.2, 0.25) is 5.91 Å². The third kappa shape index (κ3) is 4.52. The highest BCUT2D eigenvalue weighted by Gasteiger charge is 2.30. The van der Waals surface area contributed by atoms with E-state index >= 15 is 0 Å². The van der Waals surface area contributed by atoms with Crippen LogP contribution >= 0.6 is 11.8 Å². The molecule has 0 aliphatic carbocycles. The summed E-state index contributed by atoms with van der Waals surface area (Å²) in [5.74, 6) is 0.703. The molecule has 1 heterocycles. The molecule has 2 aromatic rings. The van der Waals surface area contributed by atoms with Gasteiger partial charge in [-0.1, -0.05) is 55.1 Å². The minimum Gasteiger partial charge on any atom is -0.496 e. The fraction of sp³-hybridized carbons (Fsp3) is 0.250. The molecule has 1 aliphatic heterocycles. The van der Waals surface area contributed by atoms with Crippen LogP contribution in [0.3, 0.4) is 0 Å². The van der Waals surface area contributed by atoms with E-state index in [1.165, 1.54) is 17.3 Å². The second-order valence-electron chi connectivity index (χ2n) is 5.86. The molecule has 6 heteroatoms. The Hall–Kier alpha value is -2.60. The summed E-state index contributed by atoms with van der Waals surface area (Å²) < 4.78 is 5.27. The number of nitrogens with one attached hydrogen (secondary N) is 1. The highest BCUT2D eigenvalue weighted by Crippen LogP contribution is 2.23. The lowest BCUT2D eigenvalue weighted by atomic mass is 10.1. The van der Waals surface area contributed by atoms with Crippen LogP contribution in [-0.4, -0.2) is 29.6 Å². The molecule has 0 radical (unpaired) electrons. The van der Waals surface area contributed by atoms with Crippen molar-refractivity contribution in [1.29, 1.82) is 0 Å². The monoisotopic (exact) mass is 367 g/mol. The zero-order valence-corrected chi connectivity index (χ0v) is 15.6. The summed E-state index contributed by atoms with van der Waals surface area (Å²) in [5.41, 5.74) is 3.28. The minimum atomic E-state index is -0.178. The van der Waals surface area contributed by atoms with Crippen molar-refractivity contribution in [3.05, 3.63) is 65.2 Å². The molecule has 1 fully saturated rings. The van der Waals surface area contributed by atoms with E-state index in [4.69, 9.17) is 4.74 Å². The summed E-state index contributed by atoms with van der Waals surface area (Å²) in [7, 11) is 1.61. The maximum Gasteiger partial charge on any atom is 0.239 e. The second-order valence-corrected chi connectivity index (χ2v) is 7.05. The quantitative estimate of drug-likeness (QED) is 0.628. The molecular weight excluding hydrogens is 346 g/mol. The SMILES string of the molecule is CCc1ccc(CC2S/C(=N/N=Cc3ccccc3OC)NC2=O)cc1. The first-order valence-electron chi connectivity index (χ1n) is 8.49. The molecule has 0 spiro atoms. The number of amidine groups is 1. The Morgan fingerprint density at radius 2 is 1.88 bits per heavy atom. The normalized spacial score (nSPS) is 18.5. The lowest BCUT2D eigenvalue weighted by Gasteiger charge is -2.06. The fourth-order valence-electron chi connectivity index (χ4n) is 2.63. The molecule has 5 nitrogen and oxygen atoms in total. The molecule has 1 unspecified atom stereocenters. The lowest BCUT2D eigenvalue weighted by molar-refractivity contribution is -0.118. The Labute approximate surface area is 157 Å². The van der Waals surface area contributed by atoms with Crippen molar-refractivity contribution < 1.29 is 9.53 Å². The number of amides is 1. The van der Waals surface area contributed by atoms with E-state index in [1.807, 2.05) is 24.3 Å². The highest BCUT2D eigenvalue weighted by atomic mass is 32.2. The number of methoxy groups -OCH3 is 1. The summed E-state index contributed by atoms with van der Waals surface area (Å²) in [5, 5.41) is 11.3. The Kier molecular flexibility index (Phi) is 6.07. The third-order valence-corrected chi connectivity index (χ3v) is 5.19. The molecule has 0 bridgehead atoms. The van der Waals surface area contributed by atoms with E-state index in [0.29, 0.717) is 11.6 Å². The maximum absolute atomic E-state index is 12.2. The van der Waals surface area contributed by atoms with Gasteiger partial charge in [0.05, 0.1) is 18.6 Å². The summed E-state index contributed by atoms with van der Waals surface area (Å²) in [4.78, 5) is 12.2.